The molecule has 0 saturated carbocycles. The van der Waals surface area contributed by atoms with Crippen LogP contribution in [-0.4, -0.2) is 27.3 Å². The van der Waals surface area contributed by atoms with E-state index in [1.807, 2.05) is 13.8 Å². The summed E-state index contributed by atoms with van der Waals surface area (Å²) in [5.74, 6) is -0.523. The lowest BCUT2D eigenvalue weighted by molar-refractivity contribution is 0.0991. The zero-order valence-corrected chi connectivity index (χ0v) is 10.8. The van der Waals surface area contributed by atoms with Gasteiger partial charge in [-0.25, -0.2) is 0 Å². The summed E-state index contributed by atoms with van der Waals surface area (Å²) in [6, 6.07) is 0. The average molecular weight is 255 g/mol. The van der Waals surface area contributed by atoms with Gasteiger partial charge in [-0.2, -0.15) is 5.10 Å². The highest BCUT2D eigenvalue weighted by atomic mass is 32.1. The molecule has 0 aliphatic carbocycles. The molecule has 0 bridgehead atoms. The van der Waals surface area contributed by atoms with Crippen LogP contribution in [0.1, 0.15) is 30.8 Å². The monoisotopic (exact) mass is 255 g/mol. The van der Waals surface area contributed by atoms with E-state index in [1.165, 1.54) is 4.68 Å². The van der Waals surface area contributed by atoms with E-state index in [-0.39, 0.29) is 0 Å². The number of hydrogen-bond donors (Lipinski definition) is 3. The van der Waals surface area contributed by atoms with Crippen LogP contribution in [0.4, 0.5) is 5.69 Å². The van der Waals surface area contributed by atoms with Crippen molar-refractivity contribution in [3.8, 4) is 0 Å². The van der Waals surface area contributed by atoms with Gasteiger partial charge in [0.2, 0.25) is 0 Å². The number of primary amides is 1. The average Bonchev–Trinajstić information content (AvgIpc) is 2.69. The number of amides is 1. The standard InChI is InChI=1S/C10H17N5OS/c1-3-5-12-10(17)14-7-6-13-15(4-2)8(7)9(11)16/h6H,3-5H2,1-2H3,(H2,11,16)(H2,12,14,17). The molecule has 0 aromatic carbocycles. The smallest absolute Gasteiger partial charge is 0.269 e. The van der Waals surface area contributed by atoms with Crippen molar-refractivity contribution in [1.82, 2.24) is 15.1 Å². The first-order valence-corrected chi connectivity index (χ1v) is 5.91. The first-order chi connectivity index (χ1) is 8.10. The van der Waals surface area contributed by atoms with Crippen molar-refractivity contribution >= 4 is 28.9 Å². The highest BCUT2D eigenvalue weighted by Gasteiger charge is 2.15. The van der Waals surface area contributed by atoms with Crippen LogP contribution in [0, 0.1) is 0 Å². The van der Waals surface area contributed by atoms with Crippen LogP contribution in [0.25, 0.3) is 0 Å². The molecule has 94 valence electrons. The number of aryl methyl sites for hydroxylation is 1. The fourth-order valence-corrected chi connectivity index (χ4v) is 1.59. The predicted molar refractivity (Wildman–Crippen MR) is 70.9 cm³/mol. The molecular formula is C10H17N5OS. The Balaban J connectivity index is 2.80. The normalized spacial score (nSPS) is 10.0. The third-order valence-electron chi connectivity index (χ3n) is 2.16. The van der Waals surface area contributed by atoms with E-state index in [9.17, 15) is 4.79 Å². The van der Waals surface area contributed by atoms with Crippen molar-refractivity contribution in [2.75, 3.05) is 11.9 Å². The van der Waals surface area contributed by atoms with Crippen LogP contribution in [0.15, 0.2) is 6.20 Å². The van der Waals surface area contributed by atoms with Crippen LogP contribution in [0.5, 0.6) is 0 Å². The van der Waals surface area contributed by atoms with Gasteiger partial charge in [0, 0.05) is 13.1 Å². The Labute approximate surface area is 106 Å². The lowest BCUT2D eigenvalue weighted by atomic mass is 10.3. The molecule has 0 radical (unpaired) electrons. The van der Waals surface area contributed by atoms with Gasteiger partial charge in [0.25, 0.3) is 5.91 Å². The van der Waals surface area contributed by atoms with E-state index >= 15 is 0 Å². The molecule has 0 aliphatic heterocycles. The minimum absolute atomic E-state index is 0.341. The SMILES string of the molecule is CCCNC(=S)Nc1cnn(CC)c1C(N)=O. The van der Waals surface area contributed by atoms with E-state index < -0.39 is 5.91 Å². The molecule has 1 rings (SSSR count). The van der Waals surface area contributed by atoms with E-state index in [0.29, 0.717) is 23.0 Å². The van der Waals surface area contributed by atoms with Gasteiger partial charge in [-0.15, -0.1) is 0 Å². The van der Waals surface area contributed by atoms with Crippen molar-refractivity contribution in [2.45, 2.75) is 26.8 Å². The zero-order valence-electron chi connectivity index (χ0n) is 9.99. The maximum absolute atomic E-state index is 11.3. The van der Waals surface area contributed by atoms with E-state index in [0.717, 1.165) is 13.0 Å². The minimum atomic E-state index is -0.523. The molecule has 4 N–H and O–H groups in total. The molecule has 0 spiro atoms. The van der Waals surface area contributed by atoms with E-state index in [1.54, 1.807) is 6.20 Å². The van der Waals surface area contributed by atoms with Crippen molar-refractivity contribution in [3.05, 3.63) is 11.9 Å². The summed E-state index contributed by atoms with van der Waals surface area (Å²) in [6.45, 7) is 5.28. The number of nitrogens with one attached hydrogen (secondary N) is 2. The van der Waals surface area contributed by atoms with Crippen molar-refractivity contribution in [2.24, 2.45) is 5.73 Å². The molecule has 7 heteroatoms. The van der Waals surface area contributed by atoms with Gasteiger partial charge in [0.15, 0.2) is 5.11 Å². The topological polar surface area (TPSA) is 85.0 Å². The van der Waals surface area contributed by atoms with Crippen LogP contribution in [0.2, 0.25) is 0 Å². The lowest BCUT2D eigenvalue weighted by Crippen LogP contribution is -2.30. The minimum Gasteiger partial charge on any atom is -0.364 e. The second-order valence-electron chi connectivity index (χ2n) is 3.47. The molecule has 17 heavy (non-hydrogen) atoms. The summed E-state index contributed by atoms with van der Waals surface area (Å²) in [4.78, 5) is 11.3. The summed E-state index contributed by atoms with van der Waals surface area (Å²) in [7, 11) is 0. The molecular weight excluding hydrogens is 238 g/mol. The van der Waals surface area contributed by atoms with Crippen LogP contribution in [-0.2, 0) is 6.54 Å². The van der Waals surface area contributed by atoms with Crippen molar-refractivity contribution in [1.29, 1.82) is 0 Å². The number of hydrogen-bond acceptors (Lipinski definition) is 3. The predicted octanol–water partition coefficient (Wildman–Crippen LogP) is 0.698. The maximum atomic E-state index is 11.3. The van der Waals surface area contributed by atoms with E-state index in [4.69, 9.17) is 18.0 Å². The first kappa shape index (κ1) is 13.4. The van der Waals surface area contributed by atoms with Gasteiger partial charge < -0.3 is 16.4 Å². The molecule has 1 aromatic heterocycles. The highest BCUT2D eigenvalue weighted by Crippen LogP contribution is 2.14. The Morgan fingerprint density at radius 1 is 1.59 bits per heavy atom. The Morgan fingerprint density at radius 3 is 2.82 bits per heavy atom. The van der Waals surface area contributed by atoms with Gasteiger partial charge >= 0.3 is 0 Å². The quantitative estimate of drug-likeness (QED) is 0.674. The lowest BCUT2D eigenvalue weighted by Gasteiger charge is -2.09. The Hall–Kier alpha value is -1.63. The number of thiocarbonyl (C=S) groups is 1. The number of carbonyl (C=O) groups excluding carboxylic acids is 1. The summed E-state index contributed by atoms with van der Waals surface area (Å²) in [5.41, 5.74) is 6.18. The molecule has 1 amide bonds. The van der Waals surface area contributed by atoms with Gasteiger partial charge in [0.05, 0.1) is 11.9 Å². The molecule has 0 fully saturated rings. The summed E-state index contributed by atoms with van der Waals surface area (Å²) < 4.78 is 1.53. The molecule has 0 unspecified atom stereocenters. The van der Waals surface area contributed by atoms with Crippen molar-refractivity contribution < 1.29 is 4.79 Å². The van der Waals surface area contributed by atoms with Crippen molar-refractivity contribution in [3.63, 3.8) is 0 Å². The second-order valence-corrected chi connectivity index (χ2v) is 3.88. The van der Waals surface area contributed by atoms with E-state index in [2.05, 4.69) is 15.7 Å². The molecule has 1 heterocycles. The molecule has 0 aliphatic rings. The second kappa shape index (κ2) is 6.19. The van der Waals surface area contributed by atoms with Gasteiger partial charge in [0.1, 0.15) is 5.69 Å². The maximum Gasteiger partial charge on any atom is 0.269 e. The molecule has 0 saturated heterocycles. The third kappa shape index (κ3) is 3.42. The third-order valence-corrected chi connectivity index (χ3v) is 2.40. The van der Waals surface area contributed by atoms with Gasteiger partial charge in [-0.1, -0.05) is 6.92 Å². The van der Waals surface area contributed by atoms with Crippen LogP contribution < -0.4 is 16.4 Å². The number of rotatable bonds is 5. The Bertz CT molecular complexity index is 415. The highest BCUT2D eigenvalue weighted by molar-refractivity contribution is 7.80. The number of nitrogens with two attached hydrogens (primary N) is 1. The van der Waals surface area contributed by atoms with Gasteiger partial charge in [-0.3, -0.25) is 9.48 Å². The summed E-state index contributed by atoms with van der Waals surface area (Å²) in [6.07, 6.45) is 2.52. The fourth-order valence-electron chi connectivity index (χ4n) is 1.38. The largest absolute Gasteiger partial charge is 0.364 e. The Kier molecular flexibility index (Phi) is 4.89. The summed E-state index contributed by atoms with van der Waals surface area (Å²) in [5, 5.41) is 10.4. The molecule has 6 nitrogen and oxygen atoms in total. The van der Waals surface area contributed by atoms with Crippen LogP contribution in [0.3, 0.4) is 0 Å². The van der Waals surface area contributed by atoms with Gasteiger partial charge in [-0.05, 0) is 25.6 Å². The van der Waals surface area contributed by atoms with Crippen LogP contribution >= 0.6 is 12.2 Å². The number of nitrogens with zero attached hydrogens (tertiary/aromatic N) is 2. The fraction of sp³-hybridized carbons (Fsp3) is 0.500. The molecule has 0 atom stereocenters. The number of aromatic nitrogens is 2. The summed E-state index contributed by atoms with van der Waals surface area (Å²) >= 11 is 5.08. The number of carbonyl (C=O) groups is 1. The zero-order chi connectivity index (χ0) is 12.8. The Morgan fingerprint density at radius 2 is 2.29 bits per heavy atom. The number of anilines is 1. The first-order valence-electron chi connectivity index (χ1n) is 5.50. The molecule has 1 aromatic rings.